The highest BCUT2D eigenvalue weighted by molar-refractivity contribution is 14.0. The van der Waals surface area contributed by atoms with Gasteiger partial charge in [0.05, 0.1) is 18.0 Å². The highest BCUT2D eigenvalue weighted by Gasteiger charge is 2.10. The van der Waals surface area contributed by atoms with Crippen LogP contribution in [0.2, 0.25) is 0 Å². The SMILES string of the molecule is CCNC(=NCc1ccc(S(C)(=O)=O)c(C)c1)NCCOc1cccc2ccccc12.I. The van der Waals surface area contributed by atoms with Gasteiger partial charge in [-0.2, -0.15) is 0 Å². The molecular weight excluding hydrogens is 537 g/mol. The van der Waals surface area contributed by atoms with Gasteiger partial charge in [-0.3, -0.25) is 0 Å². The fraction of sp³-hybridized carbons (Fsp3) is 0.292. The number of aryl methyl sites for hydroxylation is 1. The van der Waals surface area contributed by atoms with Crippen LogP contribution >= 0.6 is 24.0 Å². The van der Waals surface area contributed by atoms with Gasteiger partial charge in [0.2, 0.25) is 0 Å². The Morgan fingerprint density at radius 1 is 1.03 bits per heavy atom. The zero-order chi connectivity index (χ0) is 22.3. The lowest BCUT2D eigenvalue weighted by Crippen LogP contribution is -2.39. The number of aliphatic imine (C=N–C) groups is 1. The summed E-state index contributed by atoms with van der Waals surface area (Å²) >= 11 is 0. The molecule has 0 unspecified atom stereocenters. The molecule has 0 aliphatic heterocycles. The Balaban J connectivity index is 0.00000363. The van der Waals surface area contributed by atoms with Crippen LogP contribution in [0.1, 0.15) is 18.1 Å². The van der Waals surface area contributed by atoms with Gasteiger partial charge >= 0.3 is 0 Å². The molecule has 0 amide bonds. The van der Waals surface area contributed by atoms with E-state index in [1.165, 1.54) is 6.26 Å². The fourth-order valence-corrected chi connectivity index (χ4v) is 4.35. The number of hydrogen-bond acceptors (Lipinski definition) is 4. The van der Waals surface area contributed by atoms with Crippen molar-refractivity contribution < 1.29 is 13.2 Å². The molecule has 0 saturated carbocycles. The molecule has 0 heterocycles. The first-order chi connectivity index (χ1) is 14.9. The van der Waals surface area contributed by atoms with Crippen molar-refractivity contribution in [3.8, 4) is 5.75 Å². The molecule has 8 heteroatoms. The number of benzene rings is 3. The van der Waals surface area contributed by atoms with E-state index in [0.29, 0.717) is 30.6 Å². The normalized spacial score (nSPS) is 11.7. The van der Waals surface area contributed by atoms with E-state index in [2.05, 4.69) is 33.8 Å². The number of hydrogen-bond donors (Lipinski definition) is 2. The van der Waals surface area contributed by atoms with Crippen molar-refractivity contribution in [2.45, 2.75) is 25.3 Å². The van der Waals surface area contributed by atoms with Crippen molar-refractivity contribution in [1.29, 1.82) is 0 Å². The summed E-state index contributed by atoms with van der Waals surface area (Å²) in [5.41, 5.74) is 1.69. The first kappa shape index (κ1) is 25.9. The minimum Gasteiger partial charge on any atom is -0.491 e. The van der Waals surface area contributed by atoms with Crippen molar-refractivity contribution in [3.63, 3.8) is 0 Å². The number of halogens is 1. The Bertz CT molecular complexity index is 1170. The second-order valence-electron chi connectivity index (χ2n) is 7.32. The molecule has 0 aliphatic carbocycles. The maximum atomic E-state index is 11.8. The van der Waals surface area contributed by atoms with Gasteiger partial charge in [-0.1, -0.05) is 48.5 Å². The monoisotopic (exact) mass is 567 g/mol. The Hall–Kier alpha value is -2.33. The summed E-state index contributed by atoms with van der Waals surface area (Å²) in [6.45, 7) is 6.10. The van der Waals surface area contributed by atoms with Crippen molar-refractivity contribution in [1.82, 2.24) is 10.6 Å². The number of guanidine groups is 1. The molecule has 0 bridgehead atoms. The van der Waals surface area contributed by atoms with Crippen LogP contribution in [0.4, 0.5) is 0 Å². The standard InChI is InChI=1S/C24H29N3O3S.HI/c1-4-25-24(27-17-19-12-13-23(18(2)16-19)31(3,28)29)26-14-15-30-22-11-7-9-20-8-5-6-10-21(20)22;/h5-13,16H,4,14-15,17H2,1-3H3,(H2,25,26,27);1H. The van der Waals surface area contributed by atoms with Gasteiger partial charge in [0.15, 0.2) is 15.8 Å². The smallest absolute Gasteiger partial charge is 0.191 e. The third-order valence-corrected chi connectivity index (χ3v) is 6.06. The molecule has 6 nitrogen and oxygen atoms in total. The fourth-order valence-electron chi connectivity index (χ4n) is 3.39. The number of ether oxygens (including phenoxy) is 1. The molecule has 3 aromatic rings. The highest BCUT2D eigenvalue weighted by atomic mass is 127. The number of sulfone groups is 1. The van der Waals surface area contributed by atoms with Crippen molar-refractivity contribution in [2.75, 3.05) is 26.0 Å². The van der Waals surface area contributed by atoms with Gasteiger partial charge in [-0.15, -0.1) is 24.0 Å². The first-order valence-corrected chi connectivity index (χ1v) is 12.2. The molecule has 0 aromatic heterocycles. The van der Waals surface area contributed by atoms with Crippen molar-refractivity contribution in [3.05, 3.63) is 71.8 Å². The second kappa shape index (κ2) is 12.1. The number of fused-ring (bicyclic) bond motifs is 1. The maximum Gasteiger partial charge on any atom is 0.191 e. The Kier molecular flexibility index (Phi) is 9.77. The lowest BCUT2D eigenvalue weighted by atomic mass is 10.1. The van der Waals surface area contributed by atoms with E-state index in [0.717, 1.165) is 34.2 Å². The summed E-state index contributed by atoms with van der Waals surface area (Å²) in [5, 5.41) is 8.74. The lowest BCUT2D eigenvalue weighted by Gasteiger charge is -2.13. The first-order valence-electron chi connectivity index (χ1n) is 10.3. The Labute approximate surface area is 207 Å². The summed E-state index contributed by atoms with van der Waals surface area (Å²) in [7, 11) is -3.22. The maximum absolute atomic E-state index is 11.8. The Morgan fingerprint density at radius 3 is 2.50 bits per heavy atom. The van der Waals surface area contributed by atoms with E-state index >= 15 is 0 Å². The molecular formula is C24H30IN3O3S. The summed E-state index contributed by atoms with van der Waals surface area (Å²) < 4.78 is 29.5. The van der Waals surface area contributed by atoms with E-state index in [9.17, 15) is 8.42 Å². The van der Waals surface area contributed by atoms with Crippen LogP contribution in [0.3, 0.4) is 0 Å². The van der Waals surface area contributed by atoms with E-state index in [-0.39, 0.29) is 24.0 Å². The molecule has 172 valence electrons. The van der Waals surface area contributed by atoms with Crippen LogP contribution in [0.25, 0.3) is 10.8 Å². The van der Waals surface area contributed by atoms with Gasteiger partial charge in [0.1, 0.15) is 12.4 Å². The lowest BCUT2D eigenvalue weighted by molar-refractivity contribution is 0.325. The van der Waals surface area contributed by atoms with Crippen molar-refractivity contribution >= 4 is 50.5 Å². The molecule has 3 rings (SSSR count). The molecule has 32 heavy (non-hydrogen) atoms. The minimum absolute atomic E-state index is 0. The predicted molar refractivity (Wildman–Crippen MR) is 142 cm³/mol. The van der Waals surface area contributed by atoms with Crippen LogP contribution in [0, 0.1) is 6.92 Å². The van der Waals surface area contributed by atoms with Gasteiger partial charge in [-0.25, -0.2) is 13.4 Å². The molecule has 0 spiro atoms. The topological polar surface area (TPSA) is 79.8 Å². The second-order valence-corrected chi connectivity index (χ2v) is 9.30. The molecule has 3 aromatic carbocycles. The number of rotatable bonds is 8. The van der Waals surface area contributed by atoms with E-state index in [4.69, 9.17) is 4.74 Å². The molecule has 0 saturated heterocycles. The Morgan fingerprint density at radius 2 is 1.78 bits per heavy atom. The molecule has 2 N–H and O–H groups in total. The highest BCUT2D eigenvalue weighted by Crippen LogP contribution is 2.24. The van der Waals surface area contributed by atoms with E-state index in [1.54, 1.807) is 19.1 Å². The number of nitrogens with one attached hydrogen (secondary N) is 2. The van der Waals surface area contributed by atoms with Crippen molar-refractivity contribution in [2.24, 2.45) is 4.99 Å². The van der Waals surface area contributed by atoms with Crippen LogP contribution in [0.5, 0.6) is 5.75 Å². The van der Waals surface area contributed by atoms with Gasteiger partial charge in [0.25, 0.3) is 0 Å². The molecule has 0 fully saturated rings. The number of nitrogens with zero attached hydrogens (tertiary/aromatic N) is 1. The minimum atomic E-state index is -3.22. The van der Waals surface area contributed by atoms with Gasteiger partial charge in [-0.05, 0) is 42.5 Å². The third-order valence-electron chi connectivity index (χ3n) is 4.80. The van der Waals surface area contributed by atoms with Crippen LogP contribution < -0.4 is 15.4 Å². The quantitative estimate of drug-likeness (QED) is 0.184. The van der Waals surface area contributed by atoms with Gasteiger partial charge < -0.3 is 15.4 Å². The largest absolute Gasteiger partial charge is 0.491 e. The van der Waals surface area contributed by atoms with E-state index in [1.807, 2.05) is 37.3 Å². The molecule has 0 atom stereocenters. The average molecular weight is 567 g/mol. The van der Waals surface area contributed by atoms with Crippen LogP contribution in [-0.2, 0) is 16.4 Å². The summed E-state index contributed by atoms with van der Waals surface area (Å²) in [5.74, 6) is 1.55. The van der Waals surface area contributed by atoms with Gasteiger partial charge in [0, 0.05) is 18.2 Å². The zero-order valence-electron chi connectivity index (χ0n) is 18.6. The van der Waals surface area contributed by atoms with Crippen LogP contribution in [-0.4, -0.2) is 40.3 Å². The van der Waals surface area contributed by atoms with Crippen LogP contribution in [0.15, 0.2) is 70.6 Å². The van der Waals surface area contributed by atoms with E-state index < -0.39 is 9.84 Å². The molecule has 0 radical (unpaired) electrons. The molecule has 0 aliphatic rings. The summed E-state index contributed by atoms with van der Waals surface area (Å²) in [6, 6.07) is 19.5. The predicted octanol–water partition coefficient (Wildman–Crippen LogP) is 4.30. The third kappa shape index (κ3) is 7.09. The summed E-state index contributed by atoms with van der Waals surface area (Å²) in [6.07, 6.45) is 1.22. The zero-order valence-corrected chi connectivity index (χ0v) is 21.7. The average Bonchev–Trinajstić information content (AvgIpc) is 2.74. The summed E-state index contributed by atoms with van der Waals surface area (Å²) in [4.78, 5) is 4.96.